The molecule has 1 fully saturated rings. The van der Waals surface area contributed by atoms with Crippen LogP contribution in [-0.4, -0.2) is 29.4 Å². The third kappa shape index (κ3) is 3.33. The van der Waals surface area contributed by atoms with Gasteiger partial charge in [0.05, 0.1) is 6.42 Å². The maximum Gasteiger partial charge on any atom is 0.227 e. The van der Waals surface area contributed by atoms with Gasteiger partial charge in [-0.25, -0.2) is 8.78 Å². The van der Waals surface area contributed by atoms with Crippen LogP contribution in [0.3, 0.4) is 0 Å². The van der Waals surface area contributed by atoms with Gasteiger partial charge in [0.1, 0.15) is 11.6 Å². The molecule has 3 nitrogen and oxygen atoms in total. The van der Waals surface area contributed by atoms with Gasteiger partial charge in [-0.15, -0.1) is 0 Å². The fourth-order valence-corrected chi connectivity index (χ4v) is 2.76. The smallest absolute Gasteiger partial charge is 0.227 e. The number of carbonyl (C=O) groups excluding carboxylic acids is 1. The van der Waals surface area contributed by atoms with Crippen molar-refractivity contribution in [3.05, 3.63) is 35.4 Å². The summed E-state index contributed by atoms with van der Waals surface area (Å²) in [7, 11) is 0. The molecule has 1 aromatic rings. The van der Waals surface area contributed by atoms with Gasteiger partial charge in [-0.3, -0.25) is 4.79 Å². The van der Waals surface area contributed by atoms with E-state index >= 15 is 0 Å². The van der Waals surface area contributed by atoms with Gasteiger partial charge in [-0.1, -0.05) is 0 Å². The van der Waals surface area contributed by atoms with Crippen molar-refractivity contribution < 1.29 is 13.6 Å². The first-order chi connectivity index (χ1) is 9.49. The highest BCUT2D eigenvalue weighted by Crippen LogP contribution is 2.21. The Balaban J connectivity index is 2.12. The van der Waals surface area contributed by atoms with Crippen molar-refractivity contribution in [1.29, 1.82) is 0 Å². The zero-order valence-corrected chi connectivity index (χ0v) is 11.6. The Morgan fingerprint density at radius 3 is 2.90 bits per heavy atom. The summed E-state index contributed by atoms with van der Waals surface area (Å²) in [5, 5.41) is 0. The van der Waals surface area contributed by atoms with Crippen molar-refractivity contribution in [3.8, 4) is 0 Å². The lowest BCUT2D eigenvalue weighted by Crippen LogP contribution is -2.52. The Bertz CT molecular complexity index is 491. The van der Waals surface area contributed by atoms with Crippen LogP contribution in [0.1, 0.15) is 31.7 Å². The summed E-state index contributed by atoms with van der Waals surface area (Å²) >= 11 is 0. The van der Waals surface area contributed by atoms with Crippen LogP contribution in [0, 0.1) is 11.6 Å². The fourth-order valence-electron chi connectivity index (χ4n) is 2.76. The molecule has 0 unspecified atom stereocenters. The van der Waals surface area contributed by atoms with E-state index in [4.69, 9.17) is 5.73 Å². The molecule has 2 rings (SSSR count). The molecule has 110 valence electrons. The number of hydrogen-bond donors (Lipinski definition) is 1. The van der Waals surface area contributed by atoms with Gasteiger partial charge in [-0.05, 0) is 44.4 Å². The zero-order valence-electron chi connectivity index (χ0n) is 11.6. The number of halogens is 2. The molecule has 1 aliphatic heterocycles. The first-order valence-corrected chi connectivity index (χ1v) is 6.98. The Hall–Kier alpha value is -1.49. The number of amides is 1. The SMILES string of the molecule is C[C@H](N)[C@H]1CCCCN1C(=O)Cc1cc(F)ccc1F. The molecule has 0 spiro atoms. The average molecular weight is 282 g/mol. The van der Waals surface area contributed by atoms with Gasteiger partial charge in [-0.2, -0.15) is 0 Å². The molecular weight excluding hydrogens is 262 g/mol. The molecule has 2 N–H and O–H groups in total. The summed E-state index contributed by atoms with van der Waals surface area (Å²) in [6.45, 7) is 2.51. The second-order valence-corrected chi connectivity index (χ2v) is 5.42. The normalized spacial score (nSPS) is 20.8. The van der Waals surface area contributed by atoms with Crippen molar-refractivity contribution in [2.75, 3.05) is 6.54 Å². The Morgan fingerprint density at radius 2 is 2.20 bits per heavy atom. The van der Waals surface area contributed by atoms with Crippen molar-refractivity contribution >= 4 is 5.91 Å². The van der Waals surface area contributed by atoms with Gasteiger partial charge >= 0.3 is 0 Å². The minimum Gasteiger partial charge on any atom is -0.338 e. The molecule has 0 aromatic heterocycles. The van der Waals surface area contributed by atoms with Crippen molar-refractivity contribution in [2.24, 2.45) is 5.73 Å². The number of benzene rings is 1. The van der Waals surface area contributed by atoms with E-state index < -0.39 is 11.6 Å². The highest BCUT2D eigenvalue weighted by molar-refractivity contribution is 5.79. The van der Waals surface area contributed by atoms with Crippen molar-refractivity contribution in [1.82, 2.24) is 4.90 Å². The number of piperidine rings is 1. The number of hydrogen-bond acceptors (Lipinski definition) is 2. The molecule has 0 aliphatic carbocycles. The third-order valence-corrected chi connectivity index (χ3v) is 3.83. The van der Waals surface area contributed by atoms with E-state index in [-0.39, 0.29) is 30.0 Å². The highest BCUT2D eigenvalue weighted by atomic mass is 19.1. The van der Waals surface area contributed by atoms with Gasteiger partial charge in [0, 0.05) is 24.2 Å². The van der Waals surface area contributed by atoms with Crippen LogP contribution in [0.15, 0.2) is 18.2 Å². The van der Waals surface area contributed by atoms with E-state index in [1.807, 2.05) is 6.92 Å². The van der Waals surface area contributed by atoms with Crippen LogP contribution in [0.5, 0.6) is 0 Å². The molecule has 1 saturated heterocycles. The molecule has 0 saturated carbocycles. The largest absolute Gasteiger partial charge is 0.338 e. The number of nitrogens with two attached hydrogens (primary N) is 1. The van der Waals surface area contributed by atoms with Crippen LogP contribution < -0.4 is 5.73 Å². The quantitative estimate of drug-likeness (QED) is 0.924. The topological polar surface area (TPSA) is 46.3 Å². The van der Waals surface area contributed by atoms with Crippen molar-refractivity contribution in [3.63, 3.8) is 0 Å². The average Bonchev–Trinajstić information content (AvgIpc) is 2.42. The van der Waals surface area contributed by atoms with Crippen LogP contribution in [0.25, 0.3) is 0 Å². The zero-order chi connectivity index (χ0) is 14.7. The van der Waals surface area contributed by atoms with Gasteiger partial charge in [0.25, 0.3) is 0 Å². The maximum atomic E-state index is 13.6. The number of nitrogens with zero attached hydrogens (tertiary/aromatic N) is 1. The summed E-state index contributed by atoms with van der Waals surface area (Å²) in [5.41, 5.74) is 6.02. The summed E-state index contributed by atoms with van der Waals surface area (Å²) in [6.07, 6.45) is 2.73. The number of carbonyl (C=O) groups is 1. The first-order valence-electron chi connectivity index (χ1n) is 6.98. The monoisotopic (exact) mass is 282 g/mol. The van der Waals surface area contributed by atoms with Crippen LogP contribution in [0.4, 0.5) is 8.78 Å². The minimum atomic E-state index is -0.547. The van der Waals surface area contributed by atoms with E-state index in [2.05, 4.69) is 0 Å². The van der Waals surface area contributed by atoms with Crippen LogP contribution in [-0.2, 0) is 11.2 Å². The molecular formula is C15H20F2N2O. The Labute approximate surface area is 117 Å². The van der Waals surface area contributed by atoms with E-state index in [1.165, 1.54) is 0 Å². The van der Waals surface area contributed by atoms with E-state index in [0.717, 1.165) is 37.5 Å². The van der Waals surface area contributed by atoms with Crippen LogP contribution >= 0.6 is 0 Å². The summed E-state index contributed by atoms with van der Waals surface area (Å²) in [6, 6.07) is 3.06. The first kappa shape index (κ1) is 14.9. The molecule has 1 aromatic carbocycles. The summed E-state index contributed by atoms with van der Waals surface area (Å²) in [4.78, 5) is 14.0. The lowest BCUT2D eigenvalue weighted by molar-refractivity contribution is -0.134. The lowest BCUT2D eigenvalue weighted by atomic mass is 9.96. The molecule has 0 bridgehead atoms. The number of rotatable bonds is 3. The molecule has 1 aliphatic rings. The fraction of sp³-hybridized carbons (Fsp3) is 0.533. The van der Waals surface area contributed by atoms with Gasteiger partial charge in [0.15, 0.2) is 0 Å². The van der Waals surface area contributed by atoms with E-state index in [9.17, 15) is 13.6 Å². The Morgan fingerprint density at radius 1 is 1.45 bits per heavy atom. The molecule has 5 heteroatoms. The summed E-state index contributed by atoms with van der Waals surface area (Å²) in [5.74, 6) is -1.26. The maximum absolute atomic E-state index is 13.6. The van der Waals surface area contributed by atoms with Crippen LogP contribution in [0.2, 0.25) is 0 Å². The second kappa shape index (κ2) is 6.31. The lowest BCUT2D eigenvalue weighted by Gasteiger charge is -2.38. The standard InChI is InChI=1S/C15H20F2N2O/c1-10(18)14-4-2-3-7-19(14)15(20)9-11-8-12(16)5-6-13(11)17/h5-6,8,10,14H,2-4,7,9,18H2,1H3/t10-,14+/m0/s1. The molecule has 0 radical (unpaired) electrons. The molecule has 20 heavy (non-hydrogen) atoms. The van der Waals surface area contributed by atoms with Gasteiger partial charge < -0.3 is 10.6 Å². The van der Waals surface area contributed by atoms with Crippen molar-refractivity contribution in [2.45, 2.75) is 44.7 Å². The molecule has 2 atom stereocenters. The van der Waals surface area contributed by atoms with E-state index in [0.29, 0.717) is 6.54 Å². The molecule has 1 amide bonds. The predicted molar refractivity (Wildman–Crippen MR) is 73.1 cm³/mol. The second-order valence-electron chi connectivity index (χ2n) is 5.42. The highest BCUT2D eigenvalue weighted by Gasteiger charge is 2.29. The molecule has 1 heterocycles. The minimum absolute atomic E-state index is 0.00660. The number of likely N-dealkylation sites (tertiary alicyclic amines) is 1. The van der Waals surface area contributed by atoms with E-state index in [1.54, 1.807) is 4.90 Å². The Kier molecular flexibility index (Phi) is 4.70. The van der Waals surface area contributed by atoms with Gasteiger partial charge in [0.2, 0.25) is 5.91 Å². The third-order valence-electron chi connectivity index (χ3n) is 3.83. The predicted octanol–water partition coefficient (Wildman–Crippen LogP) is 2.24. The summed E-state index contributed by atoms with van der Waals surface area (Å²) < 4.78 is 26.7.